The summed E-state index contributed by atoms with van der Waals surface area (Å²) < 4.78 is 11.6. The van der Waals surface area contributed by atoms with E-state index in [0.717, 1.165) is 4.90 Å². The van der Waals surface area contributed by atoms with Crippen LogP contribution in [0.3, 0.4) is 0 Å². The third kappa shape index (κ3) is 5.23. The summed E-state index contributed by atoms with van der Waals surface area (Å²) in [6, 6.07) is 15.9. The van der Waals surface area contributed by atoms with Crippen LogP contribution in [0, 0.1) is 17.9 Å². The lowest BCUT2D eigenvalue weighted by Crippen LogP contribution is -1.95. The molecule has 2 rings (SSSR count). The van der Waals surface area contributed by atoms with Crippen molar-refractivity contribution in [3.63, 3.8) is 0 Å². The fourth-order valence-electron chi connectivity index (χ4n) is 1.65. The Balaban J connectivity index is 2.20. The molecule has 0 N–H and O–H groups in total. The lowest BCUT2D eigenvalue weighted by atomic mass is 10.2. The van der Waals surface area contributed by atoms with Crippen molar-refractivity contribution in [2.45, 2.75) is 4.90 Å². The van der Waals surface area contributed by atoms with Gasteiger partial charge in [0.15, 0.2) is 5.69 Å². The number of hydrogen-bond acceptors (Lipinski definition) is 5. The first-order valence-corrected chi connectivity index (χ1v) is 10.9. The van der Waals surface area contributed by atoms with Crippen LogP contribution in [0.15, 0.2) is 66.1 Å². The van der Waals surface area contributed by atoms with E-state index in [9.17, 15) is 0 Å². The fourth-order valence-corrected chi connectivity index (χ4v) is 6.04. The molecule has 0 aliphatic carbocycles. The van der Waals surface area contributed by atoms with Crippen LogP contribution in [0.1, 0.15) is 5.56 Å². The molecule has 0 amide bonds. The van der Waals surface area contributed by atoms with Gasteiger partial charge in [0.05, 0.1) is 24.8 Å². The SMILES string of the molecule is [C-]#[N+]c1ccc(SP(=S)(OCC=C)Oc2ccc(C#N)cc2)cc1. The van der Waals surface area contributed by atoms with Crippen molar-refractivity contribution in [2.75, 3.05) is 6.61 Å². The smallest absolute Gasteiger partial charge is 0.302 e. The average Bonchev–Trinajstić information content (AvgIpc) is 2.61. The number of benzene rings is 2. The summed E-state index contributed by atoms with van der Waals surface area (Å²) in [6.07, 6.45) is 1.62. The summed E-state index contributed by atoms with van der Waals surface area (Å²) in [7, 11) is 0. The fraction of sp³-hybridized carbons (Fsp3) is 0.0588. The second kappa shape index (κ2) is 8.68. The van der Waals surface area contributed by atoms with Gasteiger partial charge in [-0.2, -0.15) is 5.26 Å². The predicted molar refractivity (Wildman–Crippen MR) is 101 cm³/mol. The summed E-state index contributed by atoms with van der Waals surface area (Å²) in [5.74, 6) is 0.548. The van der Waals surface area contributed by atoms with Crippen LogP contribution in [0.5, 0.6) is 5.75 Å². The molecule has 0 bridgehead atoms. The van der Waals surface area contributed by atoms with Crippen LogP contribution in [-0.4, -0.2) is 6.61 Å². The van der Waals surface area contributed by atoms with Crippen molar-refractivity contribution in [3.8, 4) is 11.8 Å². The Bertz CT molecular complexity index is 773. The summed E-state index contributed by atoms with van der Waals surface area (Å²) in [6.45, 7) is 10.9. The van der Waals surface area contributed by atoms with Crippen molar-refractivity contribution < 1.29 is 9.05 Å². The lowest BCUT2D eigenvalue weighted by molar-refractivity contribution is 0.365. The molecule has 4 nitrogen and oxygen atoms in total. The number of rotatable bonds is 7. The van der Waals surface area contributed by atoms with Crippen molar-refractivity contribution in [1.29, 1.82) is 5.26 Å². The van der Waals surface area contributed by atoms with Crippen LogP contribution in [0.25, 0.3) is 4.85 Å². The van der Waals surface area contributed by atoms with Crippen molar-refractivity contribution >= 4 is 34.6 Å². The molecule has 120 valence electrons. The summed E-state index contributed by atoms with van der Waals surface area (Å²) in [5, 5.41) is 8.85. The molecular weight excluding hydrogens is 359 g/mol. The van der Waals surface area contributed by atoms with Crippen LogP contribution < -0.4 is 4.52 Å². The van der Waals surface area contributed by atoms with Gasteiger partial charge in [-0.05, 0) is 47.5 Å². The average molecular weight is 372 g/mol. The standard InChI is InChI=1S/C17H13N2O2PS2/c1-3-12-20-22(23,21-16-8-4-14(13-18)5-9-16)24-17-10-6-15(19-2)7-11-17/h3-11H,1,12H2. The van der Waals surface area contributed by atoms with E-state index in [1.165, 1.54) is 11.4 Å². The maximum absolute atomic E-state index is 8.85. The first-order valence-electron chi connectivity index (χ1n) is 6.81. The summed E-state index contributed by atoms with van der Waals surface area (Å²) in [5.41, 5.74) is -1.60. The minimum atomic E-state index is -2.71. The molecule has 0 aliphatic rings. The zero-order chi connectivity index (χ0) is 17.4. The molecule has 24 heavy (non-hydrogen) atoms. The molecule has 0 aliphatic heterocycles. The maximum Gasteiger partial charge on any atom is 0.302 e. The number of nitrogens with zero attached hydrogens (tertiary/aromatic N) is 2. The Morgan fingerprint density at radius 2 is 1.92 bits per heavy atom. The van der Waals surface area contributed by atoms with E-state index in [-0.39, 0.29) is 6.61 Å². The van der Waals surface area contributed by atoms with Crippen LogP contribution in [-0.2, 0) is 16.3 Å². The van der Waals surface area contributed by atoms with E-state index in [1.54, 1.807) is 42.5 Å². The second-order valence-electron chi connectivity index (χ2n) is 4.46. The van der Waals surface area contributed by atoms with Gasteiger partial charge in [0.1, 0.15) is 5.75 Å². The van der Waals surface area contributed by atoms with E-state index < -0.39 is 5.69 Å². The topological polar surface area (TPSA) is 46.6 Å². The quantitative estimate of drug-likeness (QED) is 0.354. The molecule has 2 aromatic rings. The van der Waals surface area contributed by atoms with Crippen LogP contribution >= 0.6 is 17.1 Å². The van der Waals surface area contributed by atoms with Gasteiger partial charge >= 0.3 is 5.69 Å². The molecule has 2 aromatic carbocycles. The first-order chi connectivity index (χ1) is 11.6. The number of nitriles is 1. The highest BCUT2D eigenvalue weighted by Gasteiger charge is 2.23. The van der Waals surface area contributed by atoms with Gasteiger partial charge in [0, 0.05) is 4.90 Å². The second-order valence-corrected chi connectivity index (χ2v) is 10.6. The van der Waals surface area contributed by atoms with E-state index in [4.69, 9.17) is 32.7 Å². The van der Waals surface area contributed by atoms with Gasteiger partial charge in [-0.15, -0.1) is 6.58 Å². The third-order valence-electron chi connectivity index (χ3n) is 2.73. The van der Waals surface area contributed by atoms with Crippen LogP contribution in [0.4, 0.5) is 5.69 Å². The molecule has 1 unspecified atom stereocenters. The molecule has 7 heteroatoms. The zero-order valence-electron chi connectivity index (χ0n) is 12.6. The van der Waals surface area contributed by atoms with Gasteiger partial charge in [0.25, 0.3) is 0 Å². The summed E-state index contributed by atoms with van der Waals surface area (Å²) in [4.78, 5) is 4.23. The Labute approximate surface area is 150 Å². The highest BCUT2D eigenvalue weighted by atomic mass is 32.9. The predicted octanol–water partition coefficient (Wildman–Crippen LogP) is 5.71. The van der Waals surface area contributed by atoms with Crippen molar-refractivity contribution in [2.24, 2.45) is 0 Å². The monoisotopic (exact) mass is 372 g/mol. The minimum Gasteiger partial charge on any atom is -0.436 e. The Hall–Kier alpha value is -2.08. The first kappa shape index (κ1) is 18.3. The normalized spacial score (nSPS) is 12.4. The molecule has 0 saturated carbocycles. The molecule has 0 aromatic heterocycles. The van der Waals surface area contributed by atoms with E-state index in [0.29, 0.717) is 17.0 Å². The highest BCUT2D eigenvalue weighted by Crippen LogP contribution is 2.63. The van der Waals surface area contributed by atoms with Gasteiger partial charge < -0.3 is 9.05 Å². The molecule has 0 fully saturated rings. The molecule has 0 spiro atoms. The maximum atomic E-state index is 8.85. The minimum absolute atomic E-state index is 0.278. The Morgan fingerprint density at radius 3 is 2.46 bits per heavy atom. The van der Waals surface area contributed by atoms with Crippen molar-refractivity contribution in [1.82, 2.24) is 0 Å². The van der Waals surface area contributed by atoms with Gasteiger partial charge in [0.2, 0.25) is 0 Å². The number of hydrogen-bond donors (Lipinski definition) is 0. The largest absolute Gasteiger partial charge is 0.436 e. The van der Waals surface area contributed by atoms with Crippen molar-refractivity contribution in [3.05, 3.63) is 78.2 Å². The van der Waals surface area contributed by atoms with Gasteiger partial charge in [-0.1, -0.05) is 30.3 Å². The Morgan fingerprint density at radius 1 is 1.25 bits per heavy atom. The molecule has 1 atom stereocenters. The zero-order valence-corrected chi connectivity index (χ0v) is 15.1. The molecule has 0 radical (unpaired) electrons. The molecule has 0 heterocycles. The van der Waals surface area contributed by atoms with E-state index in [1.807, 2.05) is 12.1 Å². The van der Waals surface area contributed by atoms with Crippen LogP contribution in [0.2, 0.25) is 0 Å². The molecule has 0 saturated heterocycles. The highest BCUT2D eigenvalue weighted by molar-refractivity contribution is 8.68. The van der Waals surface area contributed by atoms with E-state index in [2.05, 4.69) is 17.5 Å². The lowest BCUT2D eigenvalue weighted by Gasteiger charge is -2.21. The van der Waals surface area contributed by atoms with E-state index >= 15 is 0 Å². The van der Waals surface area contributed by atoms with Gasteiger partial charge in [-0.3, -0.25) is 0 Å². The third-order valence-corrected chi connectivity index (χ3v) is 7.39. The summed E-state index contributed by atoms with van der Waals surface area (Å²) >= 11 is 6.93. The van der Waals surface area contributed by atoms with Gasteiger partial charge in [-0.25, -0.2) is 4.85 Å². The molecular formula is C17H13N2O2PS2. The Kier molecular flexibility index (Phi) is 6.61.